The van der Waals surface area contributed by atoms with E-state index in [-0.39, 0.29) is 13.0 Å². The molecule has 0 aromatic rings. The Balaban J connectivity index is 4.25. The van der Waals surface area contributed by atoms with Gasteiger partial charge in [0.05, 0.1) is 6.61 Å². The van der Waals surface area contributed by atoms with Crippen molar-refractivity contribution in [3.05, 3.63) is 0 Å². The van der Waals surface area contributed by atoms with E-state index in [4.69, 9.17) is 0 Å². The third-order valence-electron chi connectivity index (χ3n) is 1.37. The summed E-state index contributed by atoms with van der Waals surface area (Å²) in [6.45, 7) is 2.75. The molecule has 2 nitrogen and oxygen atoms in total. The number of carbonyl (C=O) groups is 1. The van der Waals surface area contributed by atoms with Crippen LogP contribution in [0.25, 0.3) is 0 Å². The quantitative estimate of drug-likeness (QED) is 0.628. The zero-order valence-electron chi connectivity index (χ0n) is 6.94. The molecule has 0 aromatic carbocycles. The fourth-order valence-corrected chi connectivity index (χ4v) is 0.775. The molecule has 0 saturated heterocycles. The summed E-state index contributed by atoms with van der Waals surface area (Å²) in [4.78, 5) is 10.7. The van der Waals surface area contributed by atoms with E-state index < -0.39 is 18.1 Å². The molecular formula is C7H11F3O2. The summed E-state index contributed by atoms with van der Waals surface area (Å²) in [6, 6.07) is 0. The zero-order valence-corrected chi connectivity index (χ0v) is 6.94. The number of ether oxygens (including phenoxy) is 1. The molecule has 0 bridgehead atoms. The molecule has 12 heavy (non-hydrogen) atoms. The predicted octanol–water partition coefficient (Wildman–Crippen LogP) is 2.14. The van der Waals surface area contributed by atoms with Crippen LogP contribution >= 0.6 is 0 Å². The molecule has 0 amide bonds. The fraction of sp³-hybridized carbons (Fsp3) is 0.857. The van der Waals surface area contributed by atoms with Gasteiger partial charge in [0.2, 0.25) is 0 Å². The number of rotatable bonds is 3. The Morgan fingerprint density at radius 1 is 1.42 bits per heavy atom. The monoisotopic (exact) mass is 184 g/mol. The normalized spacial score (nSPS) is 14.1. The van der Waals surface area contributed by atoms with Crippen LogP contribution in [0.5, 0.6) is 0 Å². The van der Waals surface area contributed by atoms with Gasteiger partial charge in [0.1, 0.15) is 0 Å². The van der Waals surface area contributed by atoms with Crippen LogP contribution in [0.3, 0.4) is 0 Å². The van der Waals surface area contributed by atoms with Crippen LogP contribution in [0.15, 0.2) is 0 Å². The second-order valence-electron chi connectivity index (χ2n) is 2.25. The molecule has 0 aromatic heterocycles. The number of hydrogen-bond acceptors (Lipinski definition) is 2. The van der Waals surface area contributed by atoms with Gasteiger partial charge in [-0.2, -0.15) is 13.2 Å². The lowest BCUT2D eigenvalue weighted by molar-refractivity contribution is -0.197. The first kappa shape index (κ1) is 11.3. The Labute approximate surface area is 68.7 Å². The zero-order chi connectivity index (χ0) is 9.78. The highest BCUT2D eigenvalue weighted by Gasteiger charge is 2.44. The summed E-state index contributed by atoms with van der Waals surface area (Å²) in [5, 5.41) is 0. The van der Waals surface area contributed by atoms with Gasteiger partial charge in [-0.25, -0.2) is 0 Å². The Morgan fingerprint density at radius 3 is 2.17 bits per heavy atom. The molecule has 0 aliphatic rings. The van der Waals surface area contributed by atoms with Crippen molar-refractivity contribution in [2.24, 2.45) is 5.92 Å². The number of esters is 1. The molecule has 1 atom stereocenters. The molecule has 0 aliphatic carbocycles. The molecule has 5 heteroatoms. The van der Waals surface area contributed by atoms with Crippen molar-refractivity contribution in [2.45, 2.75) is 26.4 Å². The standard InChI is InChI=1S/C7H11F3O2/c1-3-5(7(8,9)10)6(11)12-4-2/h5H,3-4H2,1-2H3/t5-/m0/s1. The lowest BCUT2D eigenvalue weighted by atomic mass is 10.1. The average molecular weight is 184 g/mol. The Morgan fingerprint density at radius 2 is 1.92 bits per heavy atom. The van der Waals surface area contributed by atoms with Crippen molar-refractivity contribution in [1.82, 2.24) is 0 Å². The minimum atomic E-state index is -4.49. The maximum atomic E-state index is 12.0. The molecular weight excluding hydrogens is 173 g/mol. The maximum absolute atomic E-state index is 12.0. The van der Waals surface area contributed by atoms with Gasteiger partial charge < -0.3 is 4.74 Å². The Kier molecular flexibility index (Phi) is 4.06. The average Bonchev–Trinajstić information content (AvgIpc) is 1.85. The summed E-state index contributed by atoms with van der Waals surface area (Å²) < 4.78 is 40.2. The number of carbonyl (C=O) groups excluding carboxylic acids is 1. The number of alkyl halides is 3. The highest BCUT2D eigenvalue weighted by Crippen LogP contribution is 2.29. The fourth-order valence-electron chi connectivity index (χ4n) is 0.775. The lowest BCUT2D eigenvalue weighted by Crippen LogP contribution is -2.31. The highest BCUT2D eigenvalue weighted by atomic mass is 19.4. The van der Waals surface area contributed by atoms with Crippen LogP contribution in [-0.2, 0) is 9.53 Å². The molecule has 0 saturated carbocycles. The minimum absolute atomic E-state index is 0.0224. The van der Waals surface area contributed by atoms with E-state index in [9.17, 15) is 18.0 Å². The van der Waals surface area contributed by atoms with Crippen molar-refractivity contribution in [3.8, 4) is 0 Å². The van der Waals surface area contributed by atoms with Gasteiger partial charge in [0.15, 0.2) is 5.92 Å². The third kappa shape index (κ3) is 3.11. The van der Waals surface area contributed by atoms with E-state index in [1.807, 2.05) is 0 Å². The summed E-state index contributed by atoms with van der Waals surface area (Å²) in [5.41, 5.74) is 0. The number of hydrogen-bond donors (Lipinski definition) is 0. The second kappa shape index (κ2) is 4.33. The van der Waals surface area contributed by atoms with Crippen LogP contribution in [0.2, 0.25) is 0 Å². The van der Waals surface area contributed by atoms with E-state index >= 15 is 0 Å². The van der Waals surface area contributed by atoms with Gasteiger partial charge in [-0.05, 0) is 13.3 Å². The van der Waals surface area contributed by atoms with Crippen molar-refractivity contribution >= 4 is 5.97 Å². The van der Waals surface area contributed by atoms with Gasteiger partial charge in [-0.1, -0.05) is 6.92 Å². The van der Waals surface area contributed by atoms with E-state index in [1.54, 1.807) is 0 Å². The van der Waals surface area contributed by atoms with Crippen LogP contribution in [-0.4, -0.2) is 18.8 Å². The van der Waals surface area contributed by atoms with Crippen molar-refractivity contribution in [2.75, 3.05) is 6.61 Å². The van der Waals surface area contributed by atoms with E-state index in [2.05, 4.69) is 4.74 Å². The smallest absolute Gasteiger partial charge is 0.402 e. The maximum Gasteiger partial charge on any atom is 0.402 e. The Hall–Kier alpha value is -0.740. The minimum Gasteiger partial charge on any atom is -0.466 e. The molecule has 0 N–H and O–H groups in total. The van der Waals surface area contributed by atoms with Gasteiger partial charge >= 0.3 is 12.1 Å². The molecule has 0 radical (unpaired) electrons. The second-order valence-corrected chi connectivity index (χ2v) is 2.25. The van der Waals surface area contributed by atoms with Gasteiger partial charge in [0.25, 0.3) is 0 Å². The Bertz CT molecular complexity index is 153. The first-order valence-corrected chi connectivity index (χ1v) is 3.66. The van der Waals surface area contributed by atoms with Crippen molar-refractivity contribution < 1.29 is 22.7 Å². The van der Waals surface area contributed by atoms with Crippen LogP contribution in [0.1, 0.15) is 20.3 Å². The van der Waals surface area contributed by atoms with Gasteiger partial charge in [-0.3, -0.25) is 4.79 Å². The molecule has 72 valence electrons. The van der Waals surface area contributed by atoms with Crippen LogP contribution in [0.4, 0.5) is 13.2 Å². The summed E-state index contributed by atoms with van der Waals surface area (Å²) in [6.07, 6.45) is -4.76. The van der Waals surface area contributed by atoms with Gasteiger partial charge in [-0.15, -0.1) is 0 Å². The lowest BCUT2D eigenvalue weighted by Gasteiger charge is -2.16. The predicted molar refractivity (Wildman–Crippen MR) is 36.5 cm³/mol. The summed E-state index contributed by atoms with van der Waals surface area (Å²) >= 11 is 0. The van der Waals surface area contributed by atoms with E-state index in [0.717, 1.165) is 0 Å². The molecule has 0 unspecified atom stereocenters. The third-order valence-corrected chi connectivity index (χ3v) is 1.37. The summed E-state index contributed by atoms with van der Waals surface area (Å²) in [7, 11) is 0. The van der Waals surface area contributed by atoms with Crippen molar-refractivity contribution in [3.63, 3.8) is 0 Å². The first-order chi connectivity index (χ1) is 5.43. The molecule has 0 fully saturated rings. The van der Waals surface area contributed by atoms with E-state index in [0.29, 0.717) is 0 Å². The highest BCUT2D eigenvalue weighted by molar-refractivity contribution is 5.73. The SMILES string of the molecule is CCOC(=O)[C@H](CC)C(F)(F)F. The largest absolute Gasteiger partial charge is 0.466 e. The first-order valence-electron chi connectivity index (χ1n) is 3.66. The molecule has 0 rings (SSSR count). The van der Waals surface area contributed by atoms with Crippen LogP contribution < -0.4 is 0 Å². The molecule has 0 spiro atoms. The molecule has 0 aliphatic heterocycles. The number of halogens is 3. The topological polar surface area (TPSA) is 26.3 Å². The summed E-state index contributed by atoms with van der Waals surface area (Å²) in [5.74, 6) is -3.16. The van der Waals surface area contributed by atoms with Crippen molar-refractivity contribution in [1.29, 1.82) is 0 Å². The van der Waals surface area contributed by atoms with Crippen LogP contribution in [0, 0.1) is 5.92 Å². The molecule has 0 heterocycles. The van der Waals surface area contributed by atoms with Gasteiger partial charge in [0, 0.05) is 0 Å². The van der Waals surface area contributed by atoms with E-state index in [1.165, 1.54) is 13.8 Å².